The normalized spacial score (nSPS) is 23.0. The van der Waals surface area contributed by atoms with Gasteiger partial charge in [0.2, 0.25) is 0 Å². The van der Waals surface area contributed by atoms with Crippen molar-refractivity contribution in [3.8, 4) is 0 Å². The highest BCUT2D eigenvalue weighted by Gasteiger charge is 2.32. The van der Waals surface area contributed by atoms with E-state index >= 15 is 0 Å². The molecule has 0 N–H and O–H groups in total. The molecular weight excluding hydrogens is 155 g/mol. The summed E-state index contributed by atoms with van der Waals surface area (Å²) in [6.07, 6.45) is 1.06. The molecule has 12 heavy (non-hydrogen) atoms. The molecule has 0 radical (unpaired) electrons. The van der Waals surface area contributed by atoms with Crippen LogP contribution in [0.4, 0.5) is 0 Å². The predicted molar refractivity (Wildman–Crippen MR) is 48.2 cm³/mol. The first-order chi connectivity index (χ1) is 5.88. The van der Waals surface area contributed by atoms with E-state index in [1.165, 1.54) is 0 Å². The summed E-state index contributed by atoms with van der Waals surface area (Å²) in [6.45, 7) is 7.03. The SMILES string of the molecule is CCOB(OCC)[C@@H]1CCOC1. The molecule has 1 heterocycles. The molecule has 0 aromatic carbocycles. The Bertz CT molecular complexity index is 109. The van der Waals surface area contributed by atoms with Gasteiger partial charge in [0.25, 0.3) is 0 Å². The van der Waals surface area contributed by atoms with Crippen molar-refractivity contribution in [1.82, 2.24) is 0 Å². The lowest BCUT2D eigenvalue weighted by Gasteiger charge is -2.16. The quantitative estimate of drug-likeness (QED) is 0.585. The smallest absolute Gasteiger partial charge is 0.411 e. The molecule has 0 aliphatic carbocycles. The van der Waals surface area contributed by atoms with Gasteiger partial charge in [0, 0.05) is 32.2 Å². The molecule has 1 aliphatic heterocycles. The summed E-state index contributed by atoms with van der Waals surface area (Å²) in [5, 5.41) is 0. The van der Waals surface area contributed by atoms with Crippen LogP contribution in [-0.2, 0) is 14.0 Å². The molecule has 1 saturated heterocycles. The summed E-state index contributed by atoms with van der Waals surface area (Å²) >= 11 is 0. The van der Waals surface area contributed by atoms with Crippen molar-refractivity contribution in [3.05, 3.63) is 0 Å². The van der Waals surface area contributed by atoms with Crippen molar-refractivity contribution in [1.29, 1.82) is 0 Å². The second-order valence-corrected chi connectivity index (χ2v) is 2.90. The Labute approximate surface area is 74.5 Å². The van der Waals surface area contributed by atoms with E-state index in [0.29, 0.717) is 19.0 Å². The van der Waals surface area contributed by atoms with Gasteiger partial charge in [-0.25, -0.2) is 0 Å². The fraction of sp³-hybridized carbons (Fsp3) is 1.00. The summed E-state index contributed by atoms with van der Waals surface area (Å²) in [5.41, 5.74) is 0. The van der Waals surface area contributed by atoms with Gasteiger partial charge < -0.3 is 14.0 Å². The lowest BCUT2D eigenvalue weighted by Crippen LogP contribution is -2.29. The highest BCUT2D eigenvalue weighted by molar-refractivity contribution is 6.46. The van der Waals surface area contributed by atoms with Gasteiger partial charge >= 0.3 is 7.12 Å². The third kappa shape index (κ3) is 2.77. The molecular formula is C8H17BO3. The van der Waals surface area contributed by atoms with Crippen LogP contribution in [0.15, 0.2) is 0 Å². The van der Waals surface area contributed by atoms with Crippen LogP contribution in [0.25, 0.3) is 0 Å². The molecule has 0 aromatic rings. The van der Waals surface area contributed by atoms with Crippen molar-refractivity contribution in [2.75, 3.05) is 26.4 Å². The van der Waals surface area contributed by atoms with E-state index in [9.17, 15) is 0 Å². The van der Waals surface area contributed by atoms with E-state index < -0.39 is 0 Å². The second kappa shape index (κ2) is 5.57. The molecule has 70 valence electrons. The molecule has 0 saturated carbocycles. The van der Waals surface area contributed by atoms with Crippen LogP contribution >= 0.6 is 0 Å². The van der Waals surface area contributed by atoms with Gasteiger partial charge in [0.1, 0.15) is 0 Å². The molecule has 0 amide bonds. The Hall–Kier alpha value is -0.0551. The van der Waals surface area contributed by atoms with E-state index in [4.69, 9.17) is 14.0 Å². The number of ether oxygens (including phenoxy) is 1. The van der Waals surface area contributed by atoms with Crippen LogP contribution in [-0.4, -0.2) is 33.5 Å². The lowest BCUT2D eigenvalue weighted by atomic mass is 9.71. The Balaban J connectivity index is 2.29. The minimum atomic E-state index is -0.0532. The van der Waals surface area contributed by atoms with Crippen LogP contribution in [0, 0.1) is 0 Å². The van der Waals surface area contributed by atoms with Crippen molar-refractivity contribution in [2.24, 2.45) is 0 Å². The molecule has 0 unspecified atom stereocenters. The van der Waals surface area contributed by atoms with Gasteiger partial charge in [-0.1, -0.05) is 0 Å². The van der Waals surface area contributed by atoms with E-state index in [0.717, 1.165) is 19.6 Å². The van der Waals surface area contributed by atoms with Crippen molar-refractivity contribution in [2.45, 2.75) is 26.1 Å². The van der Waals surface area contributed by atoms with Crippen molar-refractivity contribution >= 4 is 7.12 Å². The summed E-state index contributed by atoms with van der Waals surface area (Å²) in [6, 6.07) is 0. The number of hydrogen-bond acceptors (Lipinski definition) is 3. The van der Waals surface area contributed by atoms with Crippen LogP contribution in [0.2, 0.25) is 5.82 Å². The molecule has 0 spiro atoms. The number of rotatable bonds is 5. The zero-order valence-electron chi connectivity index (χ0n) is 7.91. The van der Waals surface area contributed by atoms with E-state index in [1.807, 2.05) is 13.8 Å². The van der Waals surface area contributed by atoms with Gasteiger partial charge in [0.05, 0.1) is 0 Å². The Kier molecular flexibility index (Phi) is 4.65. The molecule has 1 atom stereocenters. The van der Waals surface area contributed by atoms with Crippen LogP contribution in [0.3, 0.4) is 0 Å². The molecule has 1 rings (SSSR count). The van der Waals surface area contributed by atoms with Crippen molar-refractivity contribution < 1.29 is 14.0 Å². The topological polar surface area (TPSA) is 27.7 Å². The van der Waals surface area contributed by atoms with Gasteiger partial charge in [-0.05, 0) is 20.3 Å². The van der Waals surface area contributed by atoms with Crippen LogP contribution in [0.1, 0.15) is 20.3 Å². The standard InChI is InChI=1S/C8H17BO3/c1-3-11-9(12-4-2)8-5-6-10-7-8/h8H,3-7H2,1-2H3/t8-/m1/s1. The Morgan fingerprint density at radius 3 is 2.42 bits per heavy atom. The first-order valence-corrected chi connectivity index (χ1v) is 4.69. The first kappa shape index (κ1) is 10.0. The van der Waals surface area contributed by atoms with Gasteiger partial charge in [-0.15, -0.1) is 0 Å². The highest BCUT2D eigenvalue weighted by atomic mass is 16.6. The minimum Gasteiger partial charge on any atom is -0.411 e. The third-order valence-corrected chi connectivity index (χ3v) is 2.01. The maximum atomic E-state index is 5.46. The van der Waals surface area contributed by atoms with Crippen LogP contribution in [0.5, 0.6) is 0 Å². The van der Waals surface area contributed by atoms with Gasteiger partial charge in [-0.3, -0.25) is 0 Å². The fourth-order valence-electron chi connectivity index (χ4n) is 1.42. The van der Waals surface area contributed by atoms with E-state index in [1.54, 1.807) is 0 Å². The summed E-state index contributed by atoms with van der Waals surface area (Å²) in [4.78, 5) is 0. The van der Waals surface area contributed by atoms with E-state index in [-0.39, 0.29) is 7.12 Å². The van der Waals surface area contributed by atoms with Crippen molar-refractivity contribution in [3.63, 3.8) is 0 Å². The summed E-state index contributed by atoms with van der Waals surface area (Å²) in [7, 11) is -0.0532. The summed E-state index contributed by atoms with van der Waals surface area (Å²) in [5.74, 6) is 0.435. The average Bonchev–Trinajstić information content (AvgIpc) is 2.56. The molecule has 0 aromatic heterocycles. The first-order valence-electron chi connectivity index (χ1n) is 4.69. The van der Waals surface area contributed by atoms with E-state index in [2.05, 4.69) is 0 Å². The maximum absolute atomic E-state index is 5.46. The minimum absolute atomic E-state index is 0.0532. The fourth-order valence-corrected chi connectivity index (χ4v) is 1.42. The Morgan fingerprint density at radius 2 is 2.00 bits per heavy atom. The molecule has 1 fully saturated rings. The largest absolute Gasteiger partial charge is 0.462 e. The maximum Gasteiger partial charge on any atom is 0.462 e. The molecule has 0 bridgehead atoms. The number of hydrogen-bond donors (Lipinski definition) is 0. The molecule has 4 heteroatoms. The molecule has 3 nitrogen and oxygen atoms in total. The third-order valence-electron chi connectivity index (χ3n) is 2.01. The second-order valence-electron chi connectivity index (χ2n) is 2.90. The van der Waals surface area contributed by atoms with Gasteiger partial charge in [0.15, 0.2) is 0 Å². The highest BCUT2D eigenvalue weighted by Crippen LogP contribution is 2.23. The zero-order valence-corrected chi connectivity index (χ0v) is 7.91. The summed E-state index contributed by atoms with van der Waals surface area (Å²) < 4.78 is 16.2. The Morgan fingerprint density at radius 1 is 1.33 bits per heavy atom. The molecule has 1 aliphatic rings. The monoisotopic (exact) mass is 172 g/mol. The van der Waals surface area contributed by atoms with Gasteiger partial charge in [-0.2, -0.15) is 0 Å². The lowest BCUT2D eigenvalue weighted by molar-refractivity contribution is 0.178. The predicted octanol–water partition coefficient (Wildman–Crippen LogP) is 1.34. The zero-order chi connectivity index (χ0) is 8.81. The average molecular weight is 172 g/mol. The van der Waals surface area contributed by atoms with Crippen LogP contribution < -0.4 is 0 Å².